The summed E-state index contributed by atoms with van der Waals surface area (Å²) < 4.78 is 4.97. The molecule has 15 heavy (non-hydrogen) atoms. The molecular weight excluding hydrogens is 192 g/mol. The molecule has 0 unspecified atom stereocenters. The smallest absolute Gasteiger partial charge is 0.205 e. The van der Waals surface area contributed by atoms with Crippen molar-refractivity contribution in [2.75, 3.05) is 6.54 Å². The third-order valence-electron chi connectivity index (χ3n) is 2.54. The highest BCUT2D eigenvalue weighted by Crippen LogP contribution is 2.19. The number of hydrogen-bond acceptors (Lipinski definition) is 5. The van der Waals surface area contributed by atoms with E-state index in [1.54, 1.807) is 6.20 Å². The summed E-state index contributed by atoms with van der Waals surface area (Å²) in [6, 6.07) is 4.01. The predicted molar refractivity (Wildman–Crippen MR) is 52.9 cm³/mol. The topological polar surface area (TPSA) is 63.8 Å². The largest absolute Gasteiger partial charge is 0.335 e. The molecule has 0 amide bonds. The lowest BCUT2D eigenvalue weighted by atomic mass is 10.1. The fourth-order valence-corrected chi connectivity index (χ4v) is 1.75. The summed E-state index contributed by atoms with van der Waals surface area (Å²) in [5, 5.41) is 10.4. The predicted octanol–water partition coefficient (Wildman–Crippen LogP) is 0.777. The van der Waals surface area contributed by atoms with E-state index in [1.807, 2.05) is 6.07 Å². The van der Waals surface area contributed by atoms with Crippen LogP contribution >= 0.6 is 0 Å². The Balaban J connectivity index is 2.04. The van der Waals surface area contributed by atoms with Crippen molar-refractivity contribution in [1.29, 1.82) is 0 Å². The molecule has 0 aromatic carbocycles. The number of rotatable bonds is 1. The van der Waals surface area contributed by atoms with Crippen LogP contribution in [0.4, 0.5) is 0 Å². The van der Waals surface area contributed by atoms with Crippen LogP contribution in [0, 0.1) is 0 Å². The van der Waals surface area contributed by atoms with Gasteiger partial charge in [-0.1, -0.05) is 6.07 Å². The lowest BCUT2D eigenvalue weighted by Crippen LogP contribution is -2.24. The van der Waals surface area contributed by atoms with Crippen LogP contribution in [0.2, 0.25) is 0 Å². The highest BCUT2D eigenvalue weighted by Gasteiger charge is 2.12. The van der Waals surface area contributed by atoms with Gasteiger partial charge in [-0.15, -0.1) is 5.10 Å². The van der Waals surface area contributed by atoms with Gasteiger partial charge in [0.15, 0.2) is 0 Å². The number of hydrogen-bond donors (Lipinski definition) is 1. The van der Waals surface area contributed by atoms with E-state index >= 15 is 0 Å². The van der Waals surface area contributed by atoms with Gasteiger partial charge in [-0.3, -0.25) is 0 Å². The first kappa shape index (κ1) is 8.55. The first-order valence-corrected chi connectivity index (χ1v) is 4.91. The molecule has 2 aromatic heterocycles. The monoisotopic (exact) mass is 202 g/mol. The van der Waals surface area contributed by atoms with Gasteiger partial charge in [0.1, 0.15) is 11.9 Å². The Morgan fingerprint density at radius 3 is 3.20 bits per heavy atom. The zero-order valence-corrected chi connectivity index (χ0v) is 8.10. The minimum absolute atomic E-state index is 0.622. The number of nitrogens with one attached hydrogen (secondary N) is 1. The second-order valence-corrected chi connectivity index (χ2v) is 3.51. The Morgan fingerprint density at radius 2 is 2.33 bits per heavy atom. The minimum atomic E-state index is 0.622. The van der Waals surface area contributed by atoms with Gasteiger partial charge in [-0.25, -0.2) is 4.98 Å². The van der Waals surface area contributed by atoms with Gasteiger partial charge in [-0.05, 0) is 11.6 Å². The fourth-order valence-electron chi connectivity index (χ4n) is 1.75. The Labute approximate surface area is 86.5 Å². The quantitative estimate of drug-likeness (QED) is 0.740. The molecular formula is C10H10N4O. The van der Waals surface area contributed by atoms with Crippen molar-refractivity contribution in [3.63, 3.8) is 0 Å². The first-order valence-electron chi connectivity index (χ1n) is 4.91. The van der Waals surface area contributed by atoms with Crippen LogP contribution in [0.15, 0.2) is 22.9 Å². The minimum Gasteiger partial charge on any atom is -0.335 e. The molecule has 5 heteroatoms. The summed E-state index contributed by atoms with van der Waals surface area (Å²) >= 11 is 0. The third-order valence-corrected chi connectivity index (χ3v) is 2.54. The highest BCUT2D eigenvalue weighted by atomic mass is 16.5. The molecule has 5 nitrogen and oxygen atoms in total. The number of pyridine rings is 1. The molecule has 2 aromatic rings. The molecule has 0 saturated carbocycles. The molecule has 1 N–H and O–H groups in total. The van der Waals surface area contributed by atoms with Crippen molar-refractivity contribution in [1.82, 2.24) is 20.7 Å². The van der Waals surface area contributed by atoms with E-state index in [2.05, 4.69) is 26.7 Å². The van der Waals surface area contributed by atoms with E-state index in [0.717, 1.165) is 30.9 Å². The van der Waals surface area contributed by atoms with Gasteiger partial charge < -0.3 is 9.84 Å². The summed E-state index contributed by atoms with van der Waals surface area (Å²) in [4.78, 5) is 4.54. The van der Waals surface area contributed by atoms with Crippen LogP contribution in [0.5, 0.6) is 0 Å². The van der Waals surface area contributed by atoms with E-state index in [1.165, 1.54) is 5.56 Å². The van der Waals surface area contributed by atoms with E-state index in [4.69, 9.17) is 4.52 Å². The summed E-state index contributed by atoms with van der Waals surface area (Å²) in [6.45, 7) is 1.88. The second-order valence-electron chi connectivity index (χ2n) is 3.51. The number of aromatic nitrogens is 3. The second kappa shape index (κ2) is 3.43. The molecule has 1 aliphatic rings. The van der Waals surface area contributed by atoms with Gasteiger partial charge in [0, 0.05) is 30.5 Å². The highest BCUT2D eigenvalue weighted by molar-refractivity contribution is 5.51. The van der Waals surface area contributed by atoms with E-state index < -0.39 is 0 Å². The molecule has 0 radical (unpaired) electrons. The van der Waals surface area contributed by atoms with E-state index in [-0.39, 0.29) is 0 Å². The molecule has 0 saturated heterocycles. The number of fused-ring (bicyclic) bond motifs is 1. The van der Waals surface area contributed by atoms with Gasteiger partial charge in [0.25, 0.3) is 0 Å². The van der Waals surface area contributed by atoms with Crippen molar-refractivity contribution in [3.8, 4) is 11.5 Å². The summed E-state index contributed by atoms with van der Waals surface area (Å²) in [5.74, 6) is 0.622. The summed E-state index contributed by atoms with van der Waals surface area (Å²) in [7, 11) is 0. The maximum absolute atomic E-state index is 4.97. The first-order chi connectivity index (χ1) is 7.43. The lowest BCUT2D eigenvalue weighted by molar-refractivity contribution is 0.402. The van der Waals surface area contributed by atoms with Crippen LogP contribution in [0.25, 0.3) is 11.5 Å². The van der Waals surface area contributed by atoms with Crippen molar-refractivity contribution >= 4 is 0 Å². The van der Waals surface area contributed by atoms with Crippen molar-refractivity contribution in [2.45, 2.75) is 13.0 Å². The van der Waals surface area contributed by atoms with Gasteiger partial charge in [0.05, 0.1) is 0 Å². The molecule has 0 bridgehead atoms. The zero-order valence-electron chi connectivity index (χ0n) is 8.10. The number of nitrogens with zero attached hydrogens (tertiary/aromatic N) is 3. The average molecular weight is 202 g/mol. The molecule has 0 fully saturated rings. The van der Waals surface area contributed by atoms with Crippen LogP contribution in [-0.2, 0) is 13.0 Å². The van der Waals surface area contributed by atoms with Crippen LogP contribution in [0.3, 0.4) is 0 Å². The molecule has 0 atom stereocenters. The van der Waals surface area contributed by atoms with E-state index in [9.17, 15) is 0 Å². The Hall–Kier alpha value is -1.75. The molecule has 1 aliphatic heterocycles. The summed E-state index contributed by atoms with van der Waals surface area (Å²) in [6.07, 6.45) is 2.54. The maximum atomic E-state index is 4.97. The zero-order chi connectivity index (χ0) is 10.1. The lowest BCUT2D eigenvalue weighted by Gasteiger charge is -2.15. The Morgan fingerprint density at radius 1 is 1.33 bits per heavy atom. The van der Waals surface area contributed by atoms with Crippen LogP contribution in [0.1, 0.15) is 11.3 Å². The van der Waals surface area contributed by atoms with Crippen LogP contribution in [-0.4, -0.2) is 21.9 Å². The SMILES string of the molecule is c1cc2c(nc1-c1cnno1)CCNC2. The molecule has 3 rings (SSSR count). The van der Waals surface area contributed by atoms with E-state index in [0.29, 0.717) is 5.76 Å². The Kier molecular flexibility index (Phi) is 1.96. The molecule has 76 valence electrons. The fraction of sp³-hybridized carbons (Fsp3) is 0.300. The molecule has 3 heterocycles. The van der Waals surface area contributed by atoms with Gasteiger partial charge in [0.2, 0.25) is 5.76 Å². The van der Waals surface area contributed by atoms with Crippen LogP contribution < -0.4 is 5.32 Å². The van der Waals surface area contributed by atoms with Crippen molar-refractivity contribution < 1.29 is 4.52 Å². The molecule has 0 spiro atoms. The summed E-state index contributed by atoms with van der Waals surface area (Å²) in [5.41, 5.74) is 3.21. The van der Waals surface area contributed by atoms with Gasteiger partial charge >= 0.3 is 0 Å². The standard InChI is InChI=1S/C10H10N4O/c1-2-9(10-6-12-14-15-10)13-8-3-4-11-5-7(1)8/h1-2,6,11H,3-5H2. The van der Waals surface area contributed by atoms with Gasteiger partial charge in [-0.2, -0.15) is 0 Å². The Bertz CT molecular complexity index is 466. The normalized spacial score (nSPS) is 14.9. The van der Waals surface area contributed by atoms with Crippen molar-refractivity contribution in [3.05, 3.63) is 29.6 Å². The van der Waals surface area contributed by atoms with Crippen molar-refractivity contribution in [2.24, 2.45) is 0 Å². The molecule has 0 aliphatic carbocycles. The third kappa shape index (κ3) is 1.50. The average Bonchev–Trinajstić information content (AvgIpc) is 2.82. The maximum Gasteiger partial charge on any atom is 0.205 e.